The number of nitrogens with zero attached hydrogens (tertiary/aromatic N) is 3. The molecule has 0 saturated carbocycles. The Morgan fingerprint density at radius 3 is 2.53 bits per heavy atom. The Balaban J connectivity index is 0.00000320. The summed E-state index contributed by atoms with van der Waals surface area (Å²) in [4.78, 5) is 21.0. The molecule has 0 aliphatic carbocycles. The quantitative estimate of drug-likeness (QED) is 0.236. The molecule has 1 aromatic rings. The fourth-order valence-corrected chi connectivity index (χ4v) is 4.45. The summed E-state index contributed by atoms with van der Waals surface area (Å²) >= 11 is 0. The van der Waals surface area contributed by atoms with Crippen LogP contribution in [0.2, 0.25) is 0 Å². The number of guanidine groups is 1. The highest BCUT2D eigenvalue weighted by Crippen LogP contribution is 2.26. The Morgan fingerprint density at radius 2 is 1.87 bits per heavy atom. The molecule has 168 valence electrons. The largest absolute Gasteiger partial charge is 0.369 e. The lowest BCUT2D eigenvalue weighted by Gasteiger charge is -2.30. The number of rotatable bonds is 8. The second kappa shape index (κ2) is 13.1. The third-order valence-corrected chi connectivity index (χ3v) is 6.23. The molecule has 2 fully saturated rings. The Morgan fingerprint density at radius 1 is 1.13 bits per heavy atom. The number of piperidine rings is 1. The molecular formula is C23H38IN5O. The van der Waals surface area contributed by atoms with Crippen molar-refractivity contribution in [3.63, 3.8) is 0 Å². The fourth-order valence-electron chi connectivity index (χ4n) is 4.45. The van der Waals surface area contributed by atoms with Gasteiger partial charge in [0.05, 0.1) is 0 Å². The van der Waals surface area contributed by atoms with Crippen LogP contribution in [0.25, 0.3) is 0 Å². The number of hydrogen-bond acceptors (Lipinski definition) is 3. The number of unbranched alkanes of at least 4 members (excludes halogenated alkanes) is 1. The number of carbonyl (C=O) groups is 1. The van der Waals surface area contributed by atoms with Crippen LogP contribution < -0.4 is 11.1 Å². The van der Waals surface area contributed by atoms with Gasteiger partial charge in [0.15, 0.2) is 5.96 Å². The number of halogens is 1. The van der Waals surface area contributed by atoms with Gasteiger partial charge in [-0.25, -0.2) is 0 Å². The number of aliphatic imine (C=N–C) groups is 1. The molecule has 1 aromatic carbocycles. The van der Waals surface area contributed by atoms with E-state index in [0.717, 1.165) is 77.5 Å². The highest BCUT2D eigenvalue weighted by molar-refractivity contribution is 14.0. The zero-order valence-corrected chi connectivity index (χ0v) is 20.6. The van der Waals surface area contributed by atoms with Crippen LogP contribution in [0.15, 0.2) is 35.3 Å². The Hall–Kier alpha value is -1.35. The van der Waals surface area contributed by atoms with Crippen molar-refractivity contribution in [1.29, 1.82) is 0 Å². The van der Waals surface area contributed by atoms with Gasteiger partial charge in [-0.2, -0.15) is 0 Å². The van der Waals surface area contributed by atoms with Crippen molar-refractivity contribution < 1.29 is 4.79 Å². The van der Waals surface area contributed by atoms with E-state index in [0.29, 0.717) is 5.92 Å². The second-order valence-corrected chi connectivity index (χ2v) is 8.30. The predicted molar refractivity (Wildman–Crippen MR) is 134 cm³/mol. The number of likely N-dealkylation sites (tertiary alicyclic amines) is 2. The number of amides is 1. The van der Waals surface area contributed by atoms with Crippen molar-refractivity contribution in [2.75, 3.05) is 45.8 Å². The zero-order chi connectivity index (χ0) is 20.5. The highest BCUT2D eigenvalue weighted by Gasteiger charge is 2.26. The summed E-state index contributed by atoms with van der Waals surface area (Å²) in [5.74, 6) is 1.61. The SMILES string of the molecule is CCNC(=NCCCCN1CCC(C(N)=O)CC1)N1CCC(c2ccccc2)C1.I. The van der Waals surface area contributed by atoms with Crippen molar-refractivity contribution in [3.05, 3.63) is 35.9 Å². The molecule has 2 heterocycles. The monoisotopic (exact) mass is 527 g/mol. The number of carbonyl (C=O) groups excluding carboxylic acids is 1. The Kier molecular flexibility index (Phi) is 10.9. The van der Waals surface area contributed by atoms with Gasteiger partial charge in [-0.3, -0.25) is 9.79 Å². The minimum Gasteiger partial charge on any atom is -0.369 e. The van der Waals surface area contributed by atoms with Crippen molar-refractivity contribution >= 4 is 35.8 Å². The maximum atomic E-state index is 11.3. The van der Waals surface area contributed by atoms with E-state index in [-0.39, 0.29) is 35.8 Å². The third kappa shape index (κ3) is 7.41. The molecule has 3 rings (SSSR count). The van der Waals surface area contributed by atoms with E-state index in [2.05, 4.69) is 52.4 Å². The lowest BCUT2D eigenvalue weighted by Crippen LogP contribution is -2.40. The first-order chi connectivity index (χ1) is 14.2. The highest BCUT2D eigenvalue weighted by atomic mass is 127. The molecule has 2 aliphatic rings. The molecular weight excluding hydrogens is 489 g/mol. The van der Waals surface area contributed by atoms with Gasteiger partial charge in [0.25, 0.3) is 0 Å². The van der Waals surface area contributed by atoms with Crippen LogP contribution in [-0.2, 0) is 4.79 Å². The van der Waals surface area contributed by atoms with Crippen LogP contribution in [-0.4, -0.2) is 67.5 Å². The summed E-state index contributed by atoms with van der Waals surface area (Å²) in [6.45, 7) is 9.10. The summed E-state index contributed by atoms with van der Waals surface area (Å²) in [6.07, 6.45) is 5.26. The lowest BCUT2D eigenvalue weighted by molar-refractivity contribution is -0.123. The van der Waals surface area contributed by atoms with E-state index in [9.17, 15) is 4.79 Å². The molecule has 2 saturated heterocycles. The van der Waals surface area contributed by atoms with E-state index in [1.54, 1.807) is 0 Å². The van der Waals surface area contributed by atoms with Gasteiger partial charge in [0.2, 0.25) is 5.91 Å². The van der Waals surface area contributed by atoms with E-state index in [1.807, 2.05) is 0 Å². The van der Waals surface area contributed by atoms with Crippen LogP contribution in [0.3, 0.4) is 0 Å². The molecule has 3 N–H and O–H groups in total. The van der Waals surface area contributed by atoms with Crippen LogP contribution in [0, 0.1) is 5.92 Å². The molecule has 0 radical (unpaired) electrons. The van der Waals surface area contributed by atoms with Crippen molar-refractivity contribution in [2.24, 2.45) is 16.6 Å². The molecule has 0 bridgehead atoms. The molecule has 7 heteroatoms. The zero-order valence-electron chi connectivity index (χ0n) is 18.3. The average molecular weight is 527 g/mol. The number of primary amides is 1. The minimum absolute atomic E-state index is 0. The van der Waals surface area contributed by atoms with E-state index in [1.165, 1.54) is 12.0 Å². The maximum Gasteiger partial charge on any atom is 0.220 e. The Labute approximate surface area is 198 Å². The van der Waals surface area contributed by atoms with Gasteiger partial charge in [-0.1, -0.05) is 30.3 Å². The van der Waals surface area contributed by atoms with Crippen molar-refractivity contribution in [2.45, 2.75) is 44.9 Å². The molecule has 30 heavy (non-hydrogen) atoms. The van der Waals surface area contributed by atoms with Gasteiger partial charge in [0, 0.05) is 38.0 Å². The van der Waals surface area contributed by atoms with Crippen LogP contribution in [0.1, 0.15) is 50.5 Å². The van der Waals surface area contributed by atoms with Gasteiger partial charge in [-0.05, 0) is 64.2 Å². The topological polar surface area (TPSA) is 74.0 Å². The predicted octanol–water partition coefficient (Wildman–Crippen LogP) is 3.04. The smallest absolute Gasteiger partial charge is 0.220 e. The van der Waals surface area contributed by atoms with Crippen molar-refractivity contribution in [1.82, 2.24) is 15.1 Å². The molecule has 0 spiro atoms. The van der Waals surface area contributed by atoms with Gasteiger partial charge < -0.3 is 20.9 Å². The first-order valence-corrected chi connectivity index (χ1v) is 11.3. The molecule has 1 atom stereocenters. The van der Waals surface area contributed by atoms with Gasteiger partial charge in [-0.15, -0.1) is 24.0 Å². The summed E-state index contributed by atoms with van der Waals surface area (Å²) in [6, 6.07) is 10.8. The van der Waals surface area contributed by atoms with Crippen LogP contribution in [0.5, 0.6) is 0 Å². The molecule has 6 nitrogen and oxygen atoms in total. The third-order valence-electron chi connectivity index (χ3n) is 6.23. The first-order valence-electron chi connectivity index (χ1n) is 11.3. The minimum atomic E-state index is -0.133. The molecule has 2 aliphatic heterocycles. The van der Waals surface area contributed by atoms with Crippen LogP contribution in [0.4, 0.5) is 0 Å². The van der Waals surface area contributed by atoms with Gasteiger partial charge in [0.1, 0.15) is 0 Å². The van der Waals surface area contributed by atoms with Crippen LogP contribution >= 0.6 is 24.0 Å². The summed E-state index contributed by atoms with van der Waals surface area (Å²) in [5.41, 5.74) is 6.85. The Bertz CT molecular complexity index is 661. The summed E-state index contributed by atoms with van der Waals surface area (Å²) < 4.78 is 0. The average Bonchev–Trinajstić information content (AvgIpc) is 3.24. The summed E-state index contributed by atoms with van der Waals surface area (Å²) in [5, 5.41) is 3.47. The standard InChI is InChI=1S/C23H37N5O.HI/c1-2-25-23(28-17-12-21(18-28)19-8-4-3-5-9-19)26-13-6-7-14-27-15-10-20(11-16-27)22(24)29;/h3-5,8-9,20-21H,2,6-7,10-18H2,1H3,(H2,24,29)(H,25,26);1H. The van der Waals surface area contributed by atoms with E-state index in [4.69, 9.17) is 10.7 Å². The number of hydrogen-bond donors (Lipinski definition) is 2. The number of benzene rings is 1. The number of nitrogens with two attached hydrogens (primary N) is 1. The van der Waals surface area contributed by atoms with E-state index < -0.39 is 0 Å². The molecule has 0 aromatic heterocycles. The lowest BCUT2D eigenvalue weighted by atomic mass is 9.96. The number of nitrogens with one attached hydrogen (secondary N) is 1. The normalized spacial score (nSPS) is 20.8. The molecule has 1 amide bonds. The fraction of sp³-hybridized carbons (Fsp3) is 0.652. The first kappa shape index (κ1) is 24.9. The maximum absolute atomic E-state index is 11.3. The van der Waals surface area contributed by atoms with Gasteiger partial charge >= 0.3 is 0 Å². The molecule has 1 unspecified atom stereocenters. The summed E-state index contributed by atoms with van der Waals surface area (Å²) in [7, 11) is 0. The van der Waals surface area contributed by atoms with Crippen molar-refractivity contribution in [3.8, 4) is 0 Å². The van der Waals surface area contributed by atoms with E-state index >= 15 is 0 Å². The second-order valence-electron chi connectivity index (χ2n) is 8.30.